The number of hydrogen-bond donors (Lipinski definition) is 1. The lowest BCUT2D eigenvalue weighted by molar-refractivity contribution is -0.120. The highest BCUT2D eigenvalue weighted by Gasteiger charge is 2.45. The van der Waals surface area contributed by atoms with Gasteiger partial charge in [0.2, 0.25) is 5.91 Å². The predicted octanol–water partition coefficient (Wildman–Crippen LogP) is 4.52. The number of fused-ring (bicyclic) bond motifs is 1. The number of amides is 1. The van der Waals surface area contributed by atoms with Crippen molar-refractivity contribution in [2.75, 3.05) is 4.90 Å². The van der Waals surface area contributed by atoms with Crippen LogP contribution in [-0.4, -0.2) is 21.7 Å². The van der Waals surface area contributed by atoms with Gasteiger partial charge in [-0.25, -0.2) is 9.07 Å². The Morgan fingerprint density at radius 1 is 1.00 bits per heavy atom. The summed E-state index contributed by atoms with van der Waals surface area (Å²) >= 11 is 0. The monoisotopic (exact) mass is 414 g/mol. The van der Waals surface area contributed by atoms with Gasteiger partial charge >= 0.3 is 0 Å². The summed E-state index contributed by atoms with van der Waals surface area (Å²) in [5.41, 5.74) is 11.1. The normalized spacial score (nSPS) is 21.2. The number of carbonyl (C=O) groups excluding carboxylic acids is 1. The molecule has 1 aromatic heterocycles. The Balaban J connectivity index is 1.58. The van der Waals surface area contributed by atoms with Gasteiger partial charge in [0.1, 0.15) is 5.82 Å². The Labute approximate surface area is 179 Å². The number of aryl methyl sites for hydroxylation is 1. The molecule has 0 spiro atoms. The van der Waals surface area contributed by atoms with Crippen molar-refractivity contribution >= 4 is 22.5 Å². The molecule has 156 valence electrons. The molecule has 1 fully saturated rings. The van der Waals surface area contributed by atoms with Crippen molar-refractivity contribution in [3.63, 3.8) is 0 Å². The van der Waals surface area contributed by atoms with E-state index in [9.17, 15) is 9.18 Å². The van der Waals surface area contributed by atoms with E-state index in [4.69, 9.17) is 5.73 Å². The average molecular weight is 414 g/mol. The lowest BCUT2D eigenvalue weighted by atomic mass is 9.94. The molecule has 3 atom stereocenters. The van der Waals surface area contributed by atoms with Gasteiger partial charge < -0.3 is 10.6 Å². The van der Waals surface area contributed by atoms with Crippen molar-refractivity contribution < 1.29 is 9.18 Å². The van der Waals surface area contributed by atoms with Crippen molar-refractivity contribution in [1.29, 1.82) is 0 Å². The van der Waals surface area contributed by atoms with Gasteiger partial charge in [-0.15, -0.1) is 0 Å². The maximum atomic E-state index is 13.3. The second kappa shape index (κ2) is 7.32. The van der Waals surface area contributed by atoms with E-state index in [1.807, 2.05) is 55.1 Å². The van der Waals surface area contributed by atoms with Crippen LogP contribution in [0.2, 0.25) is 0 Å². The molecule has 3 aromatic carbocycles. The van der Waals surface area contributed by atoms with Crippen LogP contribution in [-0.2, 0) is 4.79 Å². The Bertz CT molecular complexity index is 1280. The molecule has 1 aliphatic heterocycles. The van der Waals surface area contributed by atoms with Gasteiger partial charge in [0.25, 0.3) is 0 Å². The van der Waals surface area contributed by atoms with Gasteiger partial charge in [-0.3, -0.25) is 4.79 Å². The van der Waals surface area contributed by atoms with Crippen LogP contribution in [0.3, 0.4) is 0 Å². The van der Waals surface area contributed by atoms with Crippen molar-refractivity contribution in [2.24, 2.45) is 11.7 Å². The van der Waals surface area contributed by atoms with Crippen molar-refractivity contribution in [3.05, 3.63) is 89.9 Å². The number of halogens is 1. The van der Waals surface area contributed by atoms with E-state index in [1.54, 1.807) is 23.0 Å². The van der Waals surface area contributed by atoms with E-state index < -0.39 is 0 Å². The molecule has 0 aliphatic carbocycles. The first-order valence-corrected chi connectivity index (χ1v) is 10.3. The van der Waals surface area contributed by atoms with Gasteiger partial charge in [0, 0.05) is 17.1 Å². The Hall–Kier alpha value is -3.51. The van der Waals surface area contributed by atoms with Crippen molar-refractivity contribution in [1.82, 2.24) is 9.78 Å². The van der Waals surface area contributed by atoms with Gasteiger partial charge in [-0.1, -0.05) is 36.8 Å². The summed E-state index contributed by atoms with van der Waals surface area (Å²) in [7, 11) is 0. The van der Waals surface area contributed by atoms with Crippen LogP contribution in [0.15, 0.2) is 72.9 Å². The molecule has 1 unspecified atom stereocenters. The number of benzene rings is 3. The summed E-state index contributed by atoms with van der Waals surface area (Å²) in [5.74, 6) is -0.546. The molecule has 0 bridgehead atoms. The van der Waals surface area contributed by atoms with Gasteiger partial charge in [0.05, 0.1) is 29.4 Å². The molecule has 6 heteroatoms. The zero-order valence-corrected chi connectivity index (χ0v) is 17.4. The van der Waals surface area contributed by atoms with Crippen LogP contribution >= 0.6 is 0 Å². The zero-order chi connectivity index (χ0) is 21.7. The largest absolute Gasteiger partial charge is 0.325 e. The summed E-state index contributed by atoms with van der Waals surface area (Å²) in [6.07, 6.45) is 1.76. The molecule has 0 saturated carbocycles. The van der Waals surface area contributed by atoms with Crippen LogP contribution < -0.4 is 10.6 Å². The maximum absolute atomic E-state index is 13.3. The first-order chi connectivity index (χ1) is 14.9. The van der Waals surface area contributed by atoms with Crippen LogP contribution in [0, 0.1) is 18.7 Å². The fourth-order valence-electron chi connectivity index (χ4n) is 4.44. The number of carbonyl (C=O) groups is 1. The summed E-state index contributed by atoms with van der Waals surface area (Å²) in [6, 6.07) is 19.7. The molecule has 1 saturated heterocycles. The summed E-state index contributed by atoms with van der Waals surface area (Å²) in [6.45, 7) is 3.93. The van der Waals surface area contributed by atoms with Gasteiger partial charge in [-0.05, 0) is 55.0 Å². The van der Waals surface area contributed by atoms with E-state index in [0.717, 1.165) is 33.4 Å². The SMILES string of the molecule is Cc1cccc(C2[C@@H](N)[C@@H](C)C(=O)N2c2ccc3c(cnn3-c3ccc(F)cc3)c2)c1. The summed E-state index contributed by atoms with van der Waals surface area (Å²) < 4.78 is 15.1. The molecule has 2 heterocycles. The lowest BCUT2D eigenvalue weighted by Crippen LogP contribution is -2.33. The minimum Gasteiger partial charge on any atom is -0.325 e. The smallest absolute Gasteiger partial charge is 0.232 e. The van der Waals surface area contributed by atoms with Crippen molar-refractivity contribution in [2.45, 2.75) is 25.9 Å². The average Bonchev–Trinajstić information content (AvgIpc) is 3.28. The number of nitrogens with zero attached hydrogens (tertiary/aromatic N) is 3. The molecular formula is C25H23FN4O. The zero-order valence-electron chi connectivity index (χ0n) is 17.4. The van der Waals surface area contributed by atoms with E-state index >= 15 is 0 Å². The molecule has 5 nitrogen and oxygen atoms in total. The van der Waals surface area contributed by atoms with Crippen LogP contribution in [0.5, 0.6) is 0 Å². The minimum absolute atomic E-state index is 0.0179. The molecule has 1 aliphatic rings. The molecular weight excluding hydrogens is 391 g/mol. The molecule has 1 amide bonds. The highest BCUT2D eigenvalue weighted by Crippen LogP contribution is 2.40. The molecule has 2 N–H and O–H groups in total. The van der Waals surface area contributed by atoms with E-state index in [-0.39, 0.29) is 29.7 Å². The fraction of sp³-hybridized carbons (Fsp3) is 0.200. The standard InChI is InChI=1S/C25H23FN4O/c1-15-4-3-5-17(12-15)24-23(27)16(2)25(31)29(24)21-10-11-22-18(13-21)14-28-30(22)20-8-6-19(26)7-9-20/h3-14,16,23-24H,27H2,1-2H3/t16-,23+,24?/m1/s1. The molecule has 0 radical (unpaired) electrons. The summed E-state index contributed by atoms with van der Waals surface area (Å²) in [4.78, 5) is 15.0. The van der Waals surface area contributed by atoms with Crippen LogP contribution in [0.25, 0.3) is 16.6 Å². The second-order valence-corrected chi connectivity index (χ2v) is 8.21. The lowest BCUT2D eigenvalue weighted by Gasteiger charge is -2.27. The first kappa shape index (κ1) is 19.5. The van der Waals surface area contributed by atoms with Gasteiger partial charge in [0.15, 0.2) is 0 Å². The fourth-order valence-corrected chi connectivity index (χ4v) is 4.44. The molecule has 5 rings (SSSR count). The Morgan fingerprint density at radius 2 is 1.74 bits per heavy atom. The Kier molecular flexibility index (Phi) is 4.59. The maximum Gasteiger partial charge on any atom is 0.232 e. The van der Waals surface area contributed by atoms with E-state index in [0.29, 0.717) is 0 Å². The van der Waals surface area contributed by atoms with E-state index in [1.165, 1.54) is 12.1 Å². The first-order valence-electron chi connectivity index (χ1n) is 10.3. The number of rotatable bonds is 3. The highest BCUT2D eigenvalue weighted by molar-refractivity contribution is 6.00. The third kappa shape index (κ3) is 3.20. The molecule has 4 aromatic rings. The number of aromatic nitrogens is 2. The quantitative estimate of drug-likeness (QED) is 0.536. The van der Waals surface area contributed by atoms with Crippen molar-refractivity contribution in [3.8, 4) is 5.69 Å². The minimum atomic E-state index is -0.299. The highest BCUT2D eigenvalue weighted by atomic mass is 19.1. The third-order valence-corrected chi connectivity index (χ3v) is 6.13. The Morgan fingerprint density at radius 3 is 2.48 bits per heavy atom. The predicted molar refractivity (Wildman–Crippen MR) is 120 cm³/mol. The molecule has 31 heavy (non-hydrogen) atoms. The second-order valence-electron chi connectivity index (χ2n) is 8.21. The number of hydrogen-bond acceptors (Lipinski definition) is 3. The third-order valence-electron chi connectivity index (χ3n) is 6.13. The number of nitrogens with two attached hydrogens (primary N) is 1. The van der Waals surface area contributed by atoms with Crippen LogP contribution in [0.4, 0.5) is 10.1 Å². The number of anilines is 1. The van der Waals surface area contributed by atoms with Crippen LogP contribution in [0.1, 0.15) is 24.1 Å². The van der Waals surface area contributed by atoms with E-state index in [2.05, 4.69) is 11.2 Å². The van der Waals surface area contributed by atoms with Gasteiger partial charge in [-0.2, -0.15) is 5.10 Å². The summed E-state index contributed by atoms with van der Waals surface area (Å²) in [5, 5.41) is 5.36. The topological polar surface area (TPSA) is 64.2 Å².